The standard InChI is InChI=1S/C22H26ClNO3/c1-16-4-5-17(13-21(16)23)8-11-22(25)24-14-18-6-9-19(10-7-18)27-15-20-3-2-12-26-20/h4-7,9-10,13,20H,2-3,8,11-12,14-15H2,1H3,(H,24,25). The second-order valence-electron chi connectivity index (χ2n) is 6.95. The van der Waals surface area contributed by atoms with E-state index in [9.17, 15) is 4.79 Å². The van der Waals surface area contributed by atoms with E-state index in [-0.39, 0.29) is 12.0 Å². The highest BCUT2D eigenvalue weighted by Gasteiger charge is 2.15. The van der Waals surface area contributed by atoms with Crippen molar-refractivity contribution in [3.8, 4) is 5.75 Å². The van der Waals surface area contributed by atoms with Gasteiger partial charge in [-0.2, -0.15) is 0 Å². The monoisotopic (exact) mass is 387 g/mol. The van der Waals surface area contributed by atoms with Crippen molar-refractivity contribution in [3.63, 3.8) is 0 Å². The van der Waals surface area contributed by atoms with Crippen molar-refractivity contribution in [2.75, 3.05) is 13.2 Å². The van der Waals surface area contributed by atoms with Crippen LogP contribution in [0.5, 0.6) is 5.75 Å². The van der Waals surface area contributed by atoms with Crippen molar-refractivity contribution in [3.05, 3.63) is 64.2 Å². The number of benzene rings is 2. The molecule has 27 heavy (non-hydrogen) atoms. The first-order valence-electron chi connectivity index (χ1n) is 9.45. The number of halogens is 1. The Morgan fingerprint density at radius 1 is 1.22 bits per heavy atom. The van der Waals surface area contributed by atoms with Gasteiger partial charge in [0.15, 0.2) is 0 Å². The third-order valence-corrected chi connectivity index (χ3v) is 5.16. The molecule has 1 unspecified atom stereocenters. The molecule has 0 aromatic heterocycles. The van der Waals surface area contributed by atoms with Crippen LogP contribution in [0.15, 0.2) is 42.5 Å². The van der Waals surface area contributed by atoms with Gasteiger partial charge in [-0.15, -0.1) is 0 Å². The van der Waals surface area contributed by atoms with E-state index in [0.29, 0.717) is 26.0 Å². The van der Waals surface area contributed by atoms with Gasteiger partial charge in [0.05, 0.1) is 6.10 Å². The van der Waals surface area contributed by atoms with E-state index in [1.165, 1.54) is 0 Å². The van der Waals surface area contributed by atoms with E-state index >= 15 is 0 Å². The summed E-state index contributed by atoms with van der Waals surface area (Å²) in [6.45, 7) is 3.92. The molecule has 0 aliphatic carbocycles. The number of carbonyl (C=O) groups excluding carboxylic acids is 1. The van der Waals surface area contributed by atoms with E-state index in [1.54, 1.807) is 0 Å². The molecule has 1 fully saturated rings. The highest BCUT2D eigenvalue weighted by molar-refractivity contribution is 6.31. The molecule has 1 amide bonds. The minimum absolute atomic E-state index is 0.0328. The zero-order valence-electron chi connectivity index (χ0n) is 15.7. The van der Waals surface area contributed by atoms with E-state index in [4.69, 9.17) is 21.1 Å². The van der Waals surface area contributed by atoms with Crippen molar-refractivity contribution in [2.45, 2.75) is 45.3 Å². The van der Waals surface area contributed by atoms with E-state index < -0.39 is 0 Å². The van der Waals surface area contributed by atoms with Gasteiger partial charge < -0.3 is 14.8 Å². The molecule has 144 valence electrons. The van der Waals surface area contributed by atoms with Gasteiger partial charge in [0.2, 0.25) is 5.91 Å². The SMILES string of the molecule is Cc1ccc(CCC(=O)NCc2ccc(OCC3CCCO3)cc2)cc1Cl. The lowest BCUT2D eigenvalue weighted by atomic mass is 10.1. The third kappa shape index (κ3) is 6.26. The number of nitrogens with one attached hydrogen (secondary N) is 1. The maximum atomic E-state index is 12.1. The molecular weight excluding hydrogens is 362 g/mol. The lowest BCUT2D eigenvalue weighted by Gasteiger charge is -2.12. The molecule has 1 saturated heterocycles. The molecule has 0 saturated carbocycles. The number of aryl methyl sites for hydroxylation is 2. The molecule has 1 aliphatic rings. The molecule has 1 atom stereocenters. The molecule has 1 heterocycles. The number of amides is 1. The summed E-state index contributed by atoms with van der Waals surface area (Å²) < 4.78 is 11.3. The van der Waals surface area contributed by atoms with Crippen molar-refractivity contribution < 1.29 is 14.3 Å². The maximum absolute atomic E-state index is 12.1. The molecule has 2 aromatic rings. The van der Waals surface area contributed by atoms with Crippen LogP contribution in [0.4, 0.5) is 0 Å². The molecule has 5 heteroatoms. The largest absolute Gasteiger partial charge is 0.491 e. The van der Waals surface area contributed by atoms with Crippen LogP contribution in [0.25, 0.3) is 0 Å². The molecule has 3 rings (SSSR count). The minimum atomic E-state index is 0.0328. The van der Waals surface area contributed by atoms with E-state index in [2.05, 4.69) is 5.32 Å². The Hall–Kier alpha value is -2.04. The quantitative estimate of drug-likeness (QED) is 0.727. The van der Waals surface area contributed by atoms with E-state index in [0.717, 1.165) is 46.9 Å². The predicted molar refractivity (Wildman–Crippen MR) is 107 cm³/mol. The molecule has 0 spiro atoms. The van der Waals surface area contributed by atoms with Gasteiger partial charge >= 0.3 is 0 Å². The van der Waals surface area contributed by atoms with Gasteiger partial charge in [-0.1, -0.05) is 35.9 Å². The zero-order valence-corrected chi connectivity index (χ0v) is 16.4. The Balaban J connectivity index is 1.38. The maximum Gasteiger partial charge on any atom is 0.220 e. The summed E-state index contributed by atoms with van der Waals surface area (Å²) in [5, 5.41) is 3.70. The van der Waals surface area contributed by atoms with Crippen LogP contribution in [0.2, 0.25) is 5.02 Å². The fraction of sp³-hybridized carbons (Fsp3) is 0.409. The number of carbonyl (C=O) groups is 1. The average molecular weight is 388 g/mol. The Morgan fingerprint density at radius 2 is 2.00 bits per heavy atom. The molecule has 0 radical (unpaired) electrons. The first kappa shape index (κ1) is 19.7. The molecule has 4 nitrogen and oxygen atoms in total. The molecule has 1 N–H and O–H groups in total. The predicted octanol–water partition coefficient (Wildman–Crippen LogP) is 4.46. The Kier molecular flexibility index (Phi) is 7.13. The van der Waals surface area contributed by atoms with Gasteiger partial charge in [0.1, 0.15) is 12.4 Å². The van der Waals surface area contributed by atoms with Crippen LogP contribution in [-0.4, -0.2) is 25.2 Å². The van der Waals surface area contributed by atoms with Crippen LogP contribution in [-0.2, 0) is 22.5 Å². The van der Waals surface area contributed by atoms with Crippen molar-refractivity contribution >= 4 is 17.5 Å². The number of rotatable bonds is 8. The van der Waals surface area contributed by atoms with Gasteiger partial charge in [0.25, 0.3) is 0 Å². The van der Waals surface area contributed by atoms with Gasteiger partial charge in [-0.3, -0.25) is 4.79 Å². The Labute approximate surface area is 165 Å². The van der Waals surface area contributed by atoms with Crippen LogP contribution in [0.3, 0.4) is 0 Å². The Morgan fingerprint density at radius 3 is 2.70 bits per heavy atom. The van der Waals surface area contributed by atoms with Crippen molar-refractivity contribution in [1.29, 1.82) is 0 Å². The van der Waals surface area contributed by atoms with Crippen LogP contribution >= 0.6 is 11.6 Å². The van der Waals surface area contributed by atoms with Gasteiger partial charge in [-0.25, -0.2) is 0 Å². The molecule has 2 aromatic carbocycles. The van der Waals surface area contributed by atoms with Gasteiger partial charge in [0, 0.05) is 24.6 Å². The molecular formula is C22H26ClNO3. The Bertz CT molecular complexity index is 755. The first-order chi connectivity index (χ1) is 13.1. The van der Waals surface area contributed by atoms with Gasteiger partial charge in [-0.05, 0) is 61.1 Å². The summed E-state index contributed by atoms with van der Waals surface area (Å²) in [7, 11) is 0. The lowest BCUT2D eigenvalue weighted by molar-refractivity contribution is -0.121. The van der Waals surface area contributed by atoms with Crippen LogP contribution in [0.1, 0.15) is 36.0 Å². The van der Waals surface area contributed by atoms with Crippen molar-refractivity contribution in [1.82, 2.24) is 5.32 Å². The average Bonchev–Trinajstić information content (AvgIpc) is 3.20. The fourth-order valence-corrected chi connectivity index (χ4v) is 3.21. The third-order valence-electron chi connectivity index (χ3n) is 4.75. The summed E-state index contributed by atoms with van der Waals surface area (Å²) in [4.78, 5) is 12.1. The first-order valence-corrected chi connectivity index (χ1v) is 9.83. The smallest absolute Gasteiger partial charge is 0.220 e. The highest BCUT2D eigenvalue weighted by Crippen LogP contribution is 2.18. The van der Waals surface area contributed by atoms with E-state index in [1.807, 2.05) is 49.4 Å². The summed E-state index contributed by atoms with van der Waals surface area (Å²) in [6.07, 6.45) is 3.53. The second kappa shape index (κ2) is 9.77. The number of hydrogen-bond donors (Lipinski definition) is 1. The molecule has 0 bridgehead atoms. The van der Waals surface area contributed by atoms with Crippen LogP contribution < -0.4 is 10.1 Å². The van der Waals surface area contributed by atoms with Crippen molar-refractivity contribution in [2.24, 2.45) is 0 Å². The topological polar surface area (TPSA) is 47.6 Å². The molecule has 1 aliphatic heterocycles. The minimum Gasteiger partial charge on any atom is -0.491 e. The summed E-state index contributed by atoms with van der Waals surface area (Å²) in [6, 6.07) is 13.8. The van der Waals surface area contributed by atoms with Crippen LogP contribution in [0, 0.1) is 6.92 Å². The number of hydrogen-bond acceptors (Lipinski definition) is 3. The number of ether oxygens (including phenoxy) is 2. The summed E-state index contributed by atoms with van der Waals surface area (Å²) >= 11 is 6.12. The summed E-state index contributed by atoms with van der Waals surface area (Å²) in [5.74, 6) is 0.863. The normalized spacial score (nSPS) is 16.3. The second-order valence-corrected chi connectivity index (χ2v) is 7.36. The zero-order chi connectivity index (χ0) is 19.1. The lowest BCUT2D eigenvalue weighted by Crippen LogP contribution is -2.23. The fourth-order valence-electron chi connectivity index (χ4n) is 3.01. The highest BCUT2D eigenvalue weighted by atomic mass is 35.5. The summed E-state index contributed by atoms with van der Waals surface area (Å²) in [5.41, 5.74) is 3.17.